The number of fused-ring (bicyclic) bond motifs is 1. The molecule has 110 valence electrons. The molecule has 20 heavy (non-hydrogen) atoms. The van der Waals surface area contributed by atoms with Gasteiger partial charge in [-0.3, -0.25) is 4.99 Å². The summed E-state index contributed by atoms with van der Waals surface area (Å²) in [6.45, 7) is 10.3. The van der Waals surface area contributed by atoms with Gasteiger partial charge >= 0.3 is 0 Å². The summed E-state index contributed by atoms with van der Waals surface area (Å²) in [6.07, 6.45) is 2.11. The lowest BCUT2D eigenvalue weighted by Gasteiger charge is -2.28. The van der Waals surface area contributed by atoms with Crippen molar-refractivity contribution >= 4 is 11.4 Å². The van der Waals surface area contributed by atoms with Crippen LogP contribution in [0.4, 0.5) is 5.69 Å². The van der Waals surface area contributed by atoms with Crippen LogP contribution in [-0.2, 0) is 0 Å². The molecule has 3 heteroatoms. The van der Waals surface area contributed by atoms with Crippen molar-refractivity contribution in [3.63, 3.8) is 0 Å². The fraction of sp³-hybridized carbons (Fsp3) is 0.588. The average molecular weight is 274 g/mol. The summed E-state index contributed by atoms with van der Waals surface area (Å²) in [6, 6.07) is 6.47. The maximum Gasteiger partial charge on any atom is 0.143 e. The van der Waals surface area contributed by atoms with Crippen LogP contribution in [0.1, 0.15) is 46.1 Å². The zero-order valence-electron chi connectivity index (χ0n) is 13.4. The molecule has 0 N–H and O–H groups in total. The number of hydrogen-bond acceptors (Lipinski definition) is 3. The second-order valence-electron chi connectivity index (χ2n) is 6.43. The van der Waals surface area contributed by atoms with E-state index in [9.17, 15) is 0 Å². The molecule has 0 amide bonds. The molecular weight excluding hydrogens is 248 g/mol. The Kier molecular flexibility index (Phi) is 4.36. The van der Waals surface area contributed by atoms with Crippen molar-refractivity contribution in [2.45, 2.75) is 46.1 Å². The number of rotatable bonds is 3. The molecule has 0 unspecified atom stereocenters. The Hall–Kier alpha value is -1.51. The van der Waals surface area contributed by atoms with Crippen molar-refractivity contribution in [1.82, 2.24) is 0 Å². The summed E-state index contributed by atoms with van der Waals surface area (Å²) in [4.78, 5) is 7.12. The van der Waals surface area contributed by atoms with Crippen LogP contribution in [0.15, 0.2) is 23.2 Å². The van der Waals surface area contributed by atoms with E-state index in [2.05, 4.69) is 57.8 Å². The van der Waals surface area contributed by atoms with Gasteiger partial charge < -0.3 is 9.64 Å². The molecule has 0 radical (unpaired) electrons. The van der Waals surface area contributed by atoms with Gasteiger partial charge in [0.2, 0.25) is 0 Å². The fourth-order valence-electron chi connectivity index (χ4n) is 2.44. The van der Waals surface area contributed by atoms with Gasteiger partial charge in [0.1, 0.15) is 12.4 Å². The Morgan fingerprint density at radius 2 is 2.10 bits per heavy atom. The molecule has 0 bridgehead atoms. The highest BCUT2D eigenvalue weighted by Gasteiger charge is 2.17. The average Bonchev–Trinajstić information content (AvgIpc) is 2.36. The van der Waals surface area contributed by atoms with E-state index in [-0.39, 0.29) is 5.54 Å². The smallest absolute Gasteiger partial charge is 0.143 e. The van der Waals surface area contributed by atoms with Gasteiger partial charge in [0.15, 0.2) is 0 Å². The van der Waals surface area contributed by atoms with Crippen LogP contribution in [0.3, 0.4) is 0 Å². The van der Waals surface area contributed by atoms with Crippen LogP contribution in [-0.4, -0.2) is 31.4 Å². The third-order valence-electron chi connectivity index (χ3n) is 3.35. The molecule has 0 aromatic heterocycles. The molecule has 1 aliphatic rings. The topological polar surface area (TPSA) is 24.8 Å². The summed E-state index contributed by atoms with van der Waals surface area (Å²) < 4.78 is 5.80. The van der Waals surface area contributed by atoms with Crippen LogP contribution in [0.2, 0.25) is 0 Å². The van der Waals surface area contributed by atoms with Crippen LogP contribution in [0.5, 0.6) is 5.75 Å². The van der Waals surface area contributed by atoms with Crippen molar-refractivity contribution in [3.05, 3.63) is 23.8 Å². The summed E-state index contributed by atoms with van der Waals surface area (Å²) >= 11 is 0. The third kappa shape index (κ3) is 3.53. The highest BCUT2D eigenvalue weighted by atomic mass is 16.5. The number of ether oxygens (including phenoxy) is 1. The van der Waals surface area contributed by atoms with E-state index in [1.807, 2.05) is 0 Å². The standard InChI is InChI=1S/C17H26N2O/c1-6-7-14(18-17(2,3)4)13-8-9-15-16(12-13)20-11-10-19(15)5/h8-9,12H,6-7,10-11H2,1-5H3. The summed E-state index contributed by atoms with van der Waals surface area (Å²) in [5, 5.41) is 0. The second kappa shape index (κ2) is 5.86. The Balaban J connectivity index is 2.38. The van der Waals surface area contributed by atoms with Crippen LogP contribution < -0.4 is 9.64 Å². The van der Waals surface area contributed by atoms with Gasteiger partial charge in [-0.15, -0.1) is 0 Å². The molecule has 1 heterocycles. The SMILES string of the molecule is CCCC(=NC(C)(C)C)c1ccc2c(c1)OCCN2C. The van der Waals surface area contributed by atoms with Gasteiger partial charge in [0.05, 0.1) is 17.8 Å². The number of hydrogen-bond donors (Lipinski definition) is 0. The number of likely N-dealkylation sites (N-methyl/N-ethyl adjacent to an activating group) is 1. The van der Waals surface area contributed by atoms with Crippen molar-refractivity contribution in [1.29, 1.82) is 0 Å². The summed E-state index contributed by atoms with van der Waals surface area (Å²) in [7, 11) is 2.11. The molecule has 1 aromatic rings. The largest absolute Gasteiger partial charge is 0.490 e. The van der Waals surface area contributed by atoms with E-state index < -0.39 is 0 Å². The van der Waals surface area contributed by atoms with Gasteiger partial charge in [-0.05, 0) is 44.9 Å². The number of nitrogens with zero attached hydrogens (tertiary/aromatic N) is 2. The zero-order valence-corrected chi connectivity index (χ0v) is 13.4. The predicted molar refractivity (Wildman–Crippen MR) is 86.4 cm³/mol. The molecular formula is C17H26N2O. The predicted octanol–water partition coefficient (Wildman–Crippen LogP) is 3.90. The maximum absolute atomic E-state index is 5.80. The highest BCUT2D eigenvalue weighted by Crippen LogP contribution is 2.32. The number of aliphatic imine (C=N–C) groups is 1. The van der Waals surface area contributed by atoms with Gasteiger partial charge in [-0.25, -0.2) is 0 Å². The van der Waals surface area contributed by atoms with Gasteiger partial charge in [-0.1, -0.05) is 19.4 Å². The Morgan fingerprint density at radius 1 is 1.35 bits per heavy atom. The van der Waals surface area contributed by atoms with Gasteiger partial charge in [-0.2, -0.15) is 0 Å². The van der Waals surface area contributed by atoms with Gasteiger partial charge in [0.25, 0.3) is 0 Å². The van der Waals surface area contributed by atoms with Crippen molar-refractivity contribution in [2.75, 3.05) is 25.1 Å². The van der Waals surface area contributed by atoms with Crippen molar-refractivity contribution in [2.24, 2.45) is 4.99 Å². The van der Waals surface area contributed by atoms with E-state index in [1.54, 1.807) is 0 Å². The molecule has 0 spiro atoms. The molecule has 1 aliphatic heterocycles. The first kappa shape index (κ1) is 14.9. The molecule has 0 atom stereocenters. The van der Waals surface area contributed by atoms with E-state index in [0.717, 1.165) is 31.7 Å². The number of benzene rings is 1. The minimum absolute atomic E-state index is 0.0436. The third-order valence-corrected chi connectivity index (χ3v) is 3.35. The first-order valence-corrected chi connectivity index (χ1v) is 7.48. The Labute approximate surface area is 122 Å². The molecule has 1 aromatic carbocycles. The van der Waals surface area contributed by atoms with E-state index in [1.165, 1.54) is 17.0 Å². The monoisotopic (exact) mass is 274 g/mol. The lowest BCUT2D eigenvalue weighted by atomic mass is 10.0. The van der Waals surface area contributed by atoms with Crippen molar-refractivity contribution in [3.8, 4) is 5.75 Å². The molecule has 0 fully saturated rings. The van der Waals surface area contributed by atoms with E-state index in [4.69, 9.17) is 9.73 Å². The normalized spacial score (nSPS) is 15.8. The van der Waals surface area contributed by atoms with Crippen LogP contribution >= 0.6 is 0 Å². The van der Waals surface area contributed by atoms with Gasteiger partial charge in [0, 0.05) is 12.8 Å². The maximum atomic E-state index is 5.80. The quantitative estimate of drug-likeness (QED) is 0.781. The van der Waals surface area contributed by atoms with Crippen LogP contribution in [0, 0.1) is 0 Å². The lowest BCUT2D eigenvalue weighted by Crippen LogP contribution is -2.28. The van der Waals surface area contributed by atoms with Crippen molar-refractivity contribution < 1.29 is 4.74 Å². The van der Waals surface area contributed by atoms with Crippen LogP contribution in [0.25, 0.3) is 0 Å². The lowest BCUT2D eigenvalue weighted by molar-refractivity contribution is 0.311. The van der Waals surface area contributed by atoms with E-state index in [0.29, 0.717) is 0 Å². The first-order chi connectivity index (χ1) is 9.40. The molecule has 2 rings (SSSR count). The minimum Gasteiger partial charge on any atom is -0.490 e. The summed E-state index contributed by atoms with van der Waals surface area (Å²) in [5.74, 6) is 0.981. The zero-order chi connectivity index (χ0) is 14.8. The minimum atomic E-state index is -0.0436. The molecule has 0 saturated heterocycles. The molecule has 0 aliphatic carbocycles. The van der Waals surface area contributed by atoms with E-state index >= 15 is 0 Å². The number of anilines is 1. The Bertz CT molecular complexity index is 500. The highest BCUT2D eigenvalue weighted by molar-refractivity contribution is 6.01. The Morgan fingerprint density at radius 3 is 2.75 bits per heavy atom. The second-order valence-corrected chi connectivity index (χ2v) is 6.43. The summed E-state index contributed by atoms with van der Waals surface area (Å²) in [5.41, 5.74) is 3.50. The molecule has 3 nitrogen and oxygen atoms in total. The molecule has 0 saturated carbocycles. The first-order valence-electron chi connectivity index (χ1n) is 7.48. The fourth-order valence-corrected chi connectivity index (χ4v) is 2.44.